The Hall–Kier alpha value is -0.610. The molecule has 0 aromatic rings. The molecule has 0 spiro atoms. The number of hydrogen-bond acceptors (Lipinski definition) is 3. The van der Waals surface area contributed by atoms with E-state index < -0.39 is 0 Å². The summed E-state index contributed by atoms with van der Waals surface area (Å²) in [6.45, 7) is 6.07. The van der Waals surface area contributed by atoms with Gasteiger partial charge in [-0.1, -0.05) is 6.92 Å². The second kappa shape index (κ2) is 6.80. The Labute approximate surface area is 91.8 Å². The van der Waals surface area contributed by atoms with E-state index in [9.17, 15) is 4.79 Å². The minimum atomic E-state index is 0.0721. The van der Waals surface area contributed by atoms with Crippen LogP contribution in [0.4, 0.5) is 0 Å². The second-order valence-electron chi connectivity index (χ2n) is 4.13. The van der Waals surface area contributed by atoms with Crippen LogP contribution in [0.25, 0.3) is 0 Å². The molecule has 0 aromatic heterocycles. The van der Waals surface area contributed by atoms with Crippen molar-refractivity contribution in [1.29, 1.82) is 0 Å². The molecule has 0 aliphatic carbocycles. The highest BCUT2D eigenvalue weighted by molar-refractivity contribution is 5.77. The SMILES string of the molecule is CCCNC(=O)CNCC1CCC(C)O1. The minimum absolute atomic E-state index is 0.0721. The standard InChI is InChI=1S/C11H22N2O2/c1-3-6-13-11(14)8-12-7-10-5-4-9(2)15-10/h9-10,12H,3-8H2,1-2H3,(H,13,14). The van der Waals surface area contributed by atoms with E-state index in [4.69, 9.17) is 4.74 Å². The lowest BCUT2D eigenvalue weighted by atomic mass is 10.2. The molecule has 1 fully saturated rings. The third-order valence-electron chi connectivity index (χ3n) is 2.55. The van der Waals surface area contributed by atoms with E-state index in [-0.39, 0.29) is 5.91 Å². The number of carbonyl (C=O) groups excluding carboxylic acids is 1. The Morgan fingerprint density at radius 1 is 1.47 bits per heavy atom. The summed E-state index contributed by atoms with van der Waals surface area (Å²) in [5, 5.41) is 5.94. The first-order chi connectivity index (χ1) is 7.22. The van der Waals surface area contributed by atoms with E-state index in [0.717, 1.165) is 32.4 Å². The molecule has 1 aliphatic heterocycles. The largest absolute Gasteiger partial charge is 0.374 e. The third kappa shape index (κ3) is 5.14. The lowest BCUT2D eigenvalue weighted by Crippen LogP contribution is -2.37. The molecular weight excluding hydrogens is 192 g/mol. The first-order valence-electron chi connectivity index (χ1n) is 5.85. The van der Waals surface area contributed by atoms with Crippen LogP contribution in [0.1, 0.15) is 33.1 Å². The average molecular weight is 214 g/mol. The van der Waals surface area contributed by atoms with Crippen molar-refractivity contribution in [3.8, 4) is 0 Å². The van der Waals surface area contributed by atoms with Gasteiger partial charge in [-0.05, 0) is 26.2 Å². The van der Waals surface area contributed by atoms with E-state index >= 15 is 0 Å². The predicted molar refractivity (Wildman–Crippen MR) is 59.7 cm³/mol. The number of hydrogen-bond donors (Lipinski definition) is 2. The second-order valence-corrected chi connectivity index (χ2v) is 4.13. The first kappa shape index (κ1) is 12.5. The summed E-state index contributed by atoms with van der Waals surface area (Å²) >= 11 is 0. The van der Waals surface area contributed by atoms with Gasteiger partial charge in [0, 0.05) is 13.1 Å². The summed E-state index contributed by atoms with van der Waals surface area (Å²) in [6.07, 6.45) is 3.89. The molecule has 1 amide bonds. The Morgan fingerprint density at radius 2 is 2.27 bits per heavy atom. The van der Waals surface area contributed by atoms with Gasteiger partial charge in [-0.2, -0.15) is 0 Å². The number of rotatable bonds is 6. The molecule has 0 saturated carbocycles. The molecule has 0 bridgehead atoms. The lowest BCUT2D eigenvalue weighted by molar-refractivity contribution is -0.120. The van der Waals surface area contributed by atoms with Gasteiger partial charge in [0.1, 0.15) is 0 Å². The molecule has 0 aromatic carbocycles. The zero-order chi connectivity index (χ0) is 11.1. The van der Waals surface area contributed by atoms with Crippen LogP contribution >= 0.6 is 0 Å². The zero-order valence-electron chi connectivity index (χ0n) is 9.71. The monoisotopic (exact) mass is 214 g/mol. The molecule has 1 saturated heterocycles. The molecule has 88 valence electrons. The van der Waals surface area contributed by atoms with Gasteiger partial charge in [-0.25, -0.2) is 0 Å². The maximum Gasteiger partial charge on any atom is 0.233 e. The van der Waals surface area contributed by atoms with Crippen molar-refractivity contribution in [3.05, 3.63) is 0 Å². The smallest absolute Gasteiger partial charge is 0.233 e. The van der Waals surface area contributed by atoms with Gasteiger partial charge in [-0.15, -0.1) is 0 Å². The third-order valence-corrected chi connectivity index (χ3v) is 2.55. The van der Waals surface area contributed by atoms with Crippen molar-refractivity contribution in [3.63, 3.8) is 0 Å². The van der Waals surface area contributed by atoms with Crippen LogP contribution in [-0.2, 0) is 9.53 Å². The topological polar surface area (TPSA) is 50.4 Å². The molecule has 2 unspecified atom stereocenters. The Kier molecular flexibility index (Phi) is 5.65. The van der Waals surface area contributed by atoms with Crippen LogP contribution in [0.5, 0.6) is 0 Å². The Balaban J connectivity index is 1.98. The highest BCUT2D eigenvalue weighted by Crippen LogP contribution is 2.17. The van der Waals surface area contributed by atoms with Crippen molar-refractivity contribution in [1.82, 2.24) is 10.6 Å². The van der Waals surface area contributed by atoms with E-state index in [1.54, 1.807) is 0 Å². The fraction of sp³-hybridized carbons (Fsp3) is 0.909. The predicted octanol–water partition coefficient (Wildman–Crippen LogP) is 0.670. The van der Waals surface area contributed by atoms with E-state index in [1.807, 2.05) is 6.92 Å². The quantitative estimate of drug-likeness (QED) is 0.683. The van der Waals surface area contributed by atoms with Gasteiger partial charge in [0.15, 0.2) is 0 Å². The number of amides is 1. The maximum absolute atomic E-state index is 11.2. The number of ether oxygens (including phenoxy) is 1. The van der Waals surface area contributed by atoms with Crippen molar-refractivity contribution in [2.24, 2.45) is 0 Å². The molecule has 1 rings (SSSR count). The van der Waals surface area contributed by atoms with Crippen LogP contribution in [0, 0.1) is 0 Å². The highest BCUT2D eigenvalue weighted by Gasteiger charge is 2.21. The molecule has 0 radical (unpaired) electrons. The van der Waals surface area contributed by atoms with Crippen molar-refractivity contribution >= 4 is 5.91 Å². The van der Waals surface area contributed by atoms with Crippen LogP contribution in [0.2, 0.25) is 0 Å². The van der Waals surface area contributed by atoms with Crippen molar-refractivity contribution in [2.75, 3.05) is 19.6 Å². The maximum atomic E-state index is 11.2. The van der Waals surface area contributed by atoms with Crippen LogP contribution in [0.15, 0.2) is 0 Å². The molecule has 1 aliphatic rings. The Morgan fingerprint density at radius 3 is 2.87 bits per heavy atom. The molecule has 1 heterocycles. The first-order valence-corrected chi connectivity index (χ1v) is 5.85. The fourth-order valence-electron chi connectivity index (χ4n) is 1.71. The van der Waals surface area contributed by atoms with Crippen LogP contribution in [0.3, 0.4) is 0 Å². The van der Waals surface area contributed by atoms with Gasteiger partial charge in [0.05, 0.1) is 18.8 Å². The van der Waals surface area contributed by atoms with E-state index in [1.165, 1.54) is 0 Å². The zero-order valence-corrected chi connectivity index (χ0v) is 9.71. The van der Waals surface area contributed by atoms with E-state index in [0.29, 0.717) is 18.8 Å². The average Bonchev–Trinajstić information content (AvgIpc) is 2.61. The van der Waals surface area contributed by atoms with E-state index in [2.05, 4.69) is 17.6 Å². The molecule has 4 nitrogen and oxygen atoms in total. The van der Waals surface area contributed by atoms with Crippen LogP contribution in [-0.4, -0.2) is 37.7 Å². The summed E-state index contributed by atoms with van der Waals surface area (Å²) in [6, 6.07) is 0. The number of carbonyl (C=O) groups is 1. The highest BCUT2D eigenvalue weighted by atomic mass is 16.5. The lowest BCUT2D eigenvalue weighted by Gasteiger charge is -2.11. The van der Waals surface area contributed by atoms with Gasteiger partial charge < -0.3 is 15.4 Å². The van der Waals surface area contributed by atoms with Gasteiger partial charge in [0.25, 0.3) is 0 Å². The molecular formula is C11H22N2O2. The summed E-state index contributed by atoms with van der Waals surface area (Å²) in [5.74, 6) is 0.0721. The summed E-state index contributed by atoms with van der Waals surface area (Å²) in [7, 11) is 0. The summed E-state index contributed by atoms with van der Waals surface area (Å²) in [4.78, 5) is 11.2. The van der Waals surface area contributed by atoms with Crippen LogP contribution < -0.4 is 10.6 Å². The van der Waals surface area contributed by atoms with Gasteiger partial charge in [-0.3, -0.25) is 4.79 Å². The Bertz CT molecular complexity index is 197. The van der Waals surface area contributed by atoms with Gasteiger partial charge in [0.2, 0.25) is 5.91 Å². The fourth-order valence-corrected chi connectivity index (χ4v) is 1.71. The molecule has 2 atom stereocenters. The minimum Gasteiger partial charge on any atom is -0.374 e. The summed E-state index contributed by atoms with van der Waals surface area (Å²) < 4.78 is 5.63. The molecule has 2 N–H and O–H groups in total. The van der Waals surface area contributed by atoms with Crippen molar-refractivity contribution < 1.29 is 9.53 Å². The summed E-state index contributed by atoms with van der Waals surface area (Å²) in [5.41, 5.74) is 0. The van der Waals surface area contributed by atoms with Gasteiger partial charge >= 0.3 is 0 Å². The molecule has 4 heteroatoms. The normalized spacial score (nSPS) is 25.5. The number of nitrogens with one attached hydrogen (secondary N) is 2. The van der Waals surface area contributed by atoms with Crippen molar-refractivity contribution in [2.45, 2.75) is 45.3 Å². The molecule has 15 heavy (non-hydrogen) atoms.